The molecule has 15 heavy (non-hydrogen) atoms. The lowest BCUT2D eigenvalue weighted by molar-refractivity contribution is 0.105. The number of benzene rings is 1. The lowest BCUT2D eigenvalue weighted by Crippen LogP contribution is -2.39. The number of aliphatic hydroxyl groups is 1. The van der Waals surface area contributed by atoms with Crippen LogP contribution < -0.4 is 10.6 Å². The van der Waals surface area contributed by atoms with E-state index in [-0.39, 0.29) is 0 Å². The van der Waals surface area contributed by atoms with Gasteiger partial charge in [0.1, 0.15) is 0 Å². The molecule has 0 radical (unpaired) electrons. The molecule has 0 amide bonds. The predicted molar refractivity (Wildman–Crippen MR) is 64.0 cm³/mol. The highest BCUT2D eigenvalue weighted by molar-refractivity contribution is 5.46. The maximum absolute atomic E-state index is 9.95. The van der Waals surface area contributed by atoms with Crippen LogP contribution in [0, 0.1) is 0 Å². The molecule has 0 spiro atoms. The summed E-state index contributed by atoms with van der Waals surface area (Å²) >= 11 is 0. The van der Waals surface area contributed by atoms with Gasteiger partial charge < -0.3 is 15.7 Å². The van der Waals surface area contributed by atoms with E-state index in [4.69, 9.17) is 5.73 Å². The fourth-order valence-electron chi connectivity index (χ4n) is 1.38. The number of aliphatic hydroxyl groups excluding tert-OH is 1. The molecule has 3 N–H and O–H groups in total. The number of anilines is 1. The van der Waals surface area contributed by atoms with Crippen LogP contribution in [0.3, 0.4) is 0 Å². The van der Waals surface area contributed by atoms with Crippen LogP contribution in [0.25, 0.3) is 0 Å². The van der Waals surface area contributed by atoms with Gasteiger partial charge in [-0.3, -0.25) is 0 Å². The Morgan fingerprint density at radius 3 is 2.00 bits per heavy atom. The van der Waals surface area contributed by atoms with E-state index in [1.807, 2.05) is 57.1 Å². The zero-order valence-electron chi connectivity index (χ0n) is 9.86. The summed E-state index contributed by atoms with van der Waals surface area (Å²) in [6.07, 6.45) is -0.631. The average Bonchev–Trinajstić information content (AvgIpc) is 2.15. The molecule has 3 heteroatoms. The Bertz CT molecular complexity index is 311. The zero-order valence-corrected chi connectivity index (χ0v) is 9.86. The zero-order chi connectivity index (χ0) is 11.6. The van der Waals surface area contributed by atoms with Crippen molar-refractivity contribution in [2.75, 3.05) is 19.0 Å². The molecule has 1 aromatic rings. The van der Waals surface area contributed by atoms with Gasteiger partial charge in [-0.2, -0.15) is 0 Å². The molecule has 3 nitrogen and oxygen atoms in total. The van der Waals surface area contributed by atoms with Gasteiger partial charge in [-0.1, -0.05) is 12.1 Å². The molecule has 84 valence electrons. The van der Waals surface area contributed by atoms with Crippen molar-refractivity contribution < 1.29 is 5.11 Å². The third-order valence-corrected chi connectivity index (χ3v) is 2.43. The summed E-state index contributed by atoms with van der Waals surface area (Å²) in [7, 11) is 3.97. The molecule has 0 aliphatic carbocycles. The second-order valence-electron chi connectivity index (χ2n) is 4.71. The minimum atomic E-state index is -0.631. The Kier molecular flexibility index (Phi) is 3.37. The summed E-state index contributed by atoms with van der Waals surface area (Å²) in [5.41, 5.74) is 7.20. The molecular formula is C12H20N2O. The van der Waals surface area contributed by atoms with Crippen LogP contribution in [0.5, 0.6) is 0 Å². The van der Waals surface area contributed by atoms with Crippen LogP contribution in [-0.2, 0) is 0 Å². The van der Waals surface area contributed by atoms with E-state index in [2.05, 4.69) is 0 Å². The number of hydrogen-bond acceptors (Lipinski definition) is 3. The summed E-state index contributed by atoms with van der Waals surface area (Å²) in [6, 6.07) is 7.78. The number of nitrogens with zero attached hydrogens (tertiary/aromatic N) is 1. The average molecular weight is 208 g/mol. The van der Waals surface area contributed by atoms with Gasteiger partial charge in [0.15, 0.2) is 0 Å². The van der Waals surface area contributed by atoms with Crippen LogP contribution in [0.15, 0.2) is 24.3 Å². The Hall–Kier alpha value is -1.06. The summed E-state index contributed by atoms with van der Waals surface area (Å²) in [6.45, 7) is 3.63. The maximum Gasteiger partial charge on any atom is 0.0963 e. The van der Waals surface area contributed by atoms with Crippen LogP contribution >= 0.6 is 0 Å². The molecular weight excluding hydrogens is 188 g/mol. The SMILES string of the molecule is CN(C)c1ccc(C(O)C(C)(C)N)cc1. The molecule has 0 aromatic heterocycles. The van der Waals surface area contributed by atoms with Crippen molar-refractivity contribution in [2.45, 2.75) is 25.5 Å². The van der Waals surface area contributed by atoms with Gasteiger partial charge in [-0.15, -0.1) is 0 Å². The fourth-order valence-corrected chi connectivity index (χ4v) is 1.38. The lowest BCUT2D eigenvalue weighted by atomic mass is 9.92. The summed E-state index contributed by atoms with van der Waals surface area (Å²) < 4.78 is 0. The monoisotopic (exact) mass is 208 g/mol. The highest BCUT2D eigenvalue weighted by atomic mass is 16.3. The van der Waals surface area contributed by atoms with Gasteiger partial charge >= 0.3 is 0 Å². The van der Waals surface area contributed by atoms with Crippen molar-refractivity contribution in [1.82, 2.24) is 0 Å². The third-order valence-electron chi connectivity index (χ3n) is 2.43. The molecule has 0 aliphatic heterocycles. The van der Waals surface area contributed by atoms with Gasteiger partial charge in [-0.05, 0) is 31.5 Å². The van der Waals surface area contributed by atoms with E-state index in [0.29, 0.717) is 0 Å². The smallest absolute Gasteiger partial charge is 0.0963 e. The normalized spacial score (nSPS) is 13.7. The van der Waals surface area contributed by atoms with E-state index >= 15 is 0 Å². The van der Waals surface area contributed by atoms with Crippen molar-refractivity contribution in [3.05, 3.63) is 29.8 Å². The molecule has 1 aromatic carbocycles. The molecule has 1 atom stereocenters. The maximum atomic E-state index is 9.95. The van der Waals surface area contributed by atoms with E-state index in [1.165, 1.54) is 0 Å². The van der Waals surface area contributed by atoms with Gasteiger partial charge in [0.05, 0.1) is 6.10 Å². The van der Waals surface area contributed by atoms with Crippen molar-refractivity contribution in [1.29, 1.82) is 0 Å². The first-order valence-corrected chi connectivity index (χ1v) is 5.06. The Labute approximate surface area is 91.5 Å². The lowest BCUT2D eigenvalue weighted by Gasteiger charge is -2.26. The van der Waals surface area contributed by atoms with E-state index in [1.54, 1.807) is 0 Å². The summed E-state index contributed by atoms with van der Waals surface area (Å²) in [5.74, 6) is 0. The molecule has 0 fully saturated rings. The molecule has 1 unspecified atom stereocenters. The van der Waals surface area contributed by atoms with Crippen LogP contribution in [-0.4, -0.2) is 24.7 Å². The number of nitrogens with two attached hydrogens (primary N) is 1. The van der Waals surface area contributed by atoms with Crippen LogP contribution in [0.2, 0.25) is 0 Å². The Balaban J connectivity index is 2.89. The van der Waals surface area contributed by atoms with Gasteiger partial charge in [0.2, 0.25) is 0 Å². The van der Waals surface area contributed by atoms with Crippen LogP contribution in [0.4, 0.5) is 5.69 Å². The molecule has 0 heterocycles. The molecule has 0 bridgehead atoms. The number of hydrogen-bond donors (Lipinski definition) is 2. The number of rotatable bonds is 3. The van der Waals surface area contributed by atoms with E-state index in [0.717, 1.165) is 11.3 Å². The first-order valence-electron chi connectivity index (χ1n) is 5.06. The minimum Gasteiger partial charge on any atom is -0.387 e. The topological polar surface area (TPSA) is 49.5 Å². The quantitative estimate of drug-likeness (QED) is 0.792. The van der Waals surface area contributed by atoms with Crippen molar-refractivity contribution in [3.63, 3.8) is 0 Å². The van der Waals surface area contributed by atoms with Crippen LogP contribution in [0.1, 0.15) is 25.5 Å². The molecule has 0 saturated heterocycles. The van der Waals surface area contributed by atoms with E-state index < -0.39 is 11.6 Å². The largest absolute Gasteiger partial charge is 0.387 e. The van der Waals surface area contributed by atoms with Gasteiger partial charge in [0.25, 0.3) is 0 Å². The second-order valence-corrected chi connectivity index (χ2v) is 4.71. The van der Waals surface area contributed by atoms with Crippen molar-refractivity contribution >= 4 is 5.69 Å². The summed E-state index contributed by atoms with van der Waals surface area (Å²) in [4.78, 5) is 2.02. The first-order chi connectivity index (χ1) is 6.82. The summed E-state index contributed by atoms with van der Waals surface area (Å²) in [5, 5.41) is 9.95. The van der Waals surface area contributed by atoms with Crippen molar-refractivity contribution in [2.24, 2.45) is 5.73 Å². The van der Waals surface area contributed by atoms with E-state index in [9.17, 15) is 5.11 Å². The Morgan fingerprint density at radius 1 is 1.20 bits per heavy atom. The van der Waals surface area contributed by atoms with Gasteiger partial charge in [-0.25, -0.2) is 0 Å². The Morgan fingerprint density at radius 2 is 1.67 bits per heavy atom. The molecule has 0 aliphatic rings. The van der Waals surface area contributed by atoms with Crippen molar-refractivity contribution in [3.8, 4) is 0 Å². The molecule has 1 rings (SSSR count). The molecule has 0 saturated carbocycles. The van der Waals surface area contributed by atoms with Gasteiger partial charge in [0, 0.05) is 25.3 Å². The highest BCUT2D eigenvalue weighted by Crippen LogP contribution is 2.24. The second kappa shape index (κ2) is 4.21. The standard InChI is InChI=1S/C12H20N2O/c1-12(2,13)11(15)9-5-7-10(8-6-9)14(3)4/h5-8,11,15H,13H2,1-4H3. The fraction of sp³-hybridized carbons (Fsp3) is 0.500. The predicted octanol–water partition coefficient (Wildman–Crippen LogP) is 1.52. The highest BCUT2D eigenvalue weighted by Gasteiger charge is 2.24. The first kappa shape index (κ1) is 12.0. The minimum absolute atomic E-state index is 0.611. The third kappa shape index (κ3) is 2.94.